The van der Waals surface area contributed by atoms with E-state index >= 15 is 0 Å². The van der Waals surface area contributed by atoms with Crippen molar-refractivity contribution in [2.45, 2.75) is 193 Å². The van der Waals surface area contributed by atoms with Crippen LogP contribution >= 0.6 is 0 Å². The summed E-state index contributed by atoms with van der Waals surface area (Å²) in [5, 5.41) is 0. The topological polar surface area (TPSA) is 9.23 Å². The Balaban J connectivity index is 5.91. The molecule has 1 nitrogen and oxygen atoms in total. The Morgan fingerprint density at radius 3 is 0.636 bits per heavy atom. The van der Waals surface area contributed by atoms with E-state index in [9.17, 15) is 0 Å². The molecule has 0 fully saturated rings. The summed E-state index contributed by atoms with van der Waals surface area (Å²) < 4.78 is 7.98. The van der Waals surface area contributed by atoms with E-state index in [0.717, 1.165) is 0 Å². The third-order valence-electron chi connectivity index (χ3n) is 7.85. The highest BCUT2D eigenvalue weighted by atomic mass is 28.4. The van der Waals surface area contributed by atoms with Crippen molar-refractivity contribution >= 4 is 16.6 Å². The molecule has 0 saturated heterocycles. The molecule has 0 spiro atoms. The zero-order chi connectivity index (χ0) is 24.7. The normalized spacial score (nSPS) is 12.5. The summed E-state index contributed by atoms with van der Waals surface area (Å²) in [6.45, 7) is 14.2. The monoisotopic (exact) mass is 498 g/mol. The van der Waals surface area contributed by atoms with Gasteiger partial charge in [0.15, 0.2) is 16.6 Å². The highest BCUT2D eigenvalue weighted by Gasteiger charge is 2.43. The van der Waals surface area contributed by atoms with Crippen molar-refractivity contribution in [2.24, 2.45) is 0 Å². The zero-order valence-corrected chi connectivity index (χ0v) is 26.4. The maximum absolute atomic E-state index is 7.98. The van der Waals surface area contributed by atoms with Crippen LogP contribution in [0.5, 0.6) is 0 Å². The maximum Gasteiger partial charge on any atom is 0.179 e. The highest BCUT2D eigenvalue weighted by molar-refractivity contribution is 6.87. The summed E-state index contributed by atoms with van der Waals surface area (Å²) in [5.41, 5.74) is 0. The summed E-state index contributed by atoms with van der Waals surface area (Å²) in [4.78, 5) is 0. The van der Waals surface area contributed by atoms with Gasteiger partial charge in [0.2, 0.25) is 0 Å². The first kappa shape index (κ1) is 33.4. The second-order valence-corrected chi connectivity index (χ2v) is 19.8. The molecule has 3 heteroatoms. The van der Waals surface area contributed by atoms with Crippen LogP contribution in [0.2, 0.25) is 36.3 Å². The highest BCUT2D eigenvalue weighted by Crippen LogP contribution is 2.39. The summed E-state index contributed by atoms with van der Waals surface area (Å²) in [5.74, 6) is 0. The third-order valence-corrected chi connectivity index (χ3v) is 18.9. The Labute approximate surface area is 213 Å². The van der Waals surface area contributed by atoms with Crippen LogP contribution in [-0.2, 0) is 4.12 Å². The number of hydrogen-bond donors (Lipinski definition) is 0. The molecule has 0 aromatic carbocycles. The van der Waals surface area contributed by atoms with Gasteiger partial charge in [0.25, 0.3) is 0 Å². The van der Waals surface area contributed by atoms with Crippen LogP contribution in [0, 0.1) is 0 Å². The molecule has 0 unspecified atom stereocenters. The van der Waals surface area contributed by atoms with E-state index in [1.54, 1.807) is 0 Å². The summed E-state index contributed by atoms with van der Waals surface area (Å²) in [6, 6.07) is 8.82. The SMILES string of the molecule is CCCCC[Si](CCCCC)(CCCCC)O[Si](CCCCC)(CCCCC)CCCCC. The fourth-order valence-electron chi connectivity index (χ4n) is 5.70. The van der Waals surface area contributed by atoms with Gasteiger partial charge >= 0.3 is 0 Å². The molecule has 0 N–H and O–H groups in total. The van der Waals surface area contributed by atoms with Crippen LogP contribution in [0.4, 0.5) is 0 Å². The molecule has 33 heavy (non-hydrogen) atoms. The molecule has 0 amide bonds. The summed E-state index contributed by atoms with van der Waals surface area (Å²) in [6.07, 6.45) is 25.2. The molecule has 0 aliphatic carbocycles. The molecule has 0 saturated carbocycles. The minimum absolute atomic E-state index is 1.35. The Kier molecular flexibility index (Phi) is 23.1. The molecule has 0 radical (unpaired) electrons. The van der Waals surface area contributed by atoms with Gasteiger partial charge in [-0.2, -0.15) is 0 Å². The standard InChI is InChI=1S/C30H66OSi2/c1-7-13-19-25-32(26-20-14-8-2,27-21-15-9-3)31-33(28-22-16-10-4,29-23-17-11-5)30-24-18-12-6/h7-30H2,1-6H3. The van der Waals surface area contributed by atoms with Crippen molar-refractivity contribution in [2.75, 3.05) is 0 Å². The first-order chi connectivity index (χ1) is 16.1. The zero-order valence-electron chi connectivity index (χ0n) is 24.4. The van der Waals surface area contributed by atoms with Gasteiger partial charge in [-0.25, -0.2) is 0 Å². The van der Waals surface area contributed by atoms with Crippen LogP contribution in [0.25, 0.3) is 0 Å². The minimum atomic E-state index is -1.66. The van der Waals surface area contributed by atoms with Gasteiger partial charge in [0.1, 0.15) is 0 Å². The summed E-state index contributed by atoms with van der Waals surface area (Å²) >= 11 is 0. The number of unbranched alkanes of at least 4 members (excludes halogenated alkanes) is 12. The summed E-state index contributed by atoms with van der Waals surface area (Å²) in [7, 11) is -3.32. The van der Waals surface area contributed by atoms with E-state index < -0.39 is 16.6 Å². The molecule has 0 bridgehead atoms. The number of hydrogen-bond acceptors (Lipinski definition) is 1. The van der Waals surface area contributed by atoms with Crippen LogP contribution in [0.15, 0.2) is 0 Å². The van der Waals surface area contributed by atoms with E-state index in [0.29, 0.717) is 0 Å². The van der Waals surface area contributed by atoms with Crippen LogP contribution < -0.4 is 0 Å². The quantitative estimate of drug-likeness (QED) is 0.0850. The largest absolute Gasteiger partial charge is 0.455 e. The van der Waals surface area contributed by atoms with E-state index in [4.69, 9.17) is 4.12 Å². The predicted molar refractivity (Wildman–Crippen MR) is 159 cm³/mol. The first-order valence-electron chi connectivity index (χ1n) is 15.8. The molecule has 200 valence electrons. The molecule has 0 aromatic rings. The van der Waals surface area contributed by atoms with Crippen LogP contribution in [0.1, 0.15) is 157 Å². The van der Waals surface area contributed by atoms with Gasteiger partial charge in [0.05, 0.1) is 0 Å². The van der Waals surface area contributed by atoms with Gasteiger partial charge in [-0.3, -0.25) is 0 Å². The molecule has 0 aliphatic heterocycles. The Morgan fingerprint density at radius 1 is 0.303 bits per heavy atom. The van der Waals surface area contributed by atoms with Gasteiger partial charge in [0, 0.05) is 0 Å². The van der Waals surface area contributed by atoms with Crippen molar-refractivity contribution in [1.29, 1.82) is 0 Å². The minimum Gasteiger partial charge on any atom is -0.455 e. The fraction of sp³-hybridized carbons (Fsp3) is 1.00. The molecular weight excluding hydrogens is 433 g/mol. The van der Waals surface area contributed by atoms with Crippen molar-refractivity contribution < 1.29 is 4.12 Å². The first-order valence-corrected chi connectivity index (χ1v) is 20.8. The molecular formula is C30H66OSi2. The van der Waals surface area contributed by atoms with Gasteiger partial charge in [-0.1, -0.05) is 157 Å². The Morgan fingerprint density at radius 2 is 0.485 bits per heavy atom. The van der Waals surface area contributed by atoms with E-state index in [1.807, 2.05) is 0 Å². The lowest BCUT2D eigenvalue weighted by Gasteiger charge is -2.44. The third kappa shape index (κ3) is 16.7. The predicted octanol–water partition coefficient (Wildman–Crippen LogP) is 12.0. The number of rotatable bonds is 26. The van der Waals surface area contributed by atoms with Crippen molar-refractivity contribution in [3.8, 4) is 0 Å². The van der Waals surface area contributed by atoms with Gasteiger partial charge in [-0.05, 0) is 36.3 Å². The second kappa shape index (κ2) is 22.8. The second-order valence-electron chi connectivity index (χ2n) is 11.2. The van der Waals surface area contributed by atoms with Crippen molar-refractivity contribution in [1.82, 2.24) is 0 Å². The van der Waals surface area contributed by atoms with E-state index in [1.165, 1.54) is 152 Å². The maximum atomic E-state index is 7.98. The Hall–Kier alpha value is 0.394. The molecule has 0 atom stereocenters. The van der Waals surface area contributed by atoms with Crippen molar-refractivity contribution in [3.05, 3.63) is 0 Å². The smallest absolute Gasteiger partial charge is 0.179 e. The lowest BCUT2D eigenvalue weighted by molar-refractivity contribution is 0.469. The molecule has 0 rings (SSSR count). The van der Waals surface area contributed by atoms with Crippen molar-refractivity contribution in [3.63, 3.8) is 0 Å². The van der Waals surface area contributed by atoms with Crippen LogP contribution in [0.3, 0.4) is 0 Å². The molecule has 0 heterocycles. The van der Waals surface area contributed by atoms with Gasteiger partial charge < -0.3 is 4.12 Å². The lowest BCUT2D eigenvalue weighted by Crippen LogP contribution is -2.51. The van der Waals surface area contributed by atoms with Gasteiger partial charge in [-0.15, -0.1) is 0 Å². The van der Waals surface area contributed by atoms with Crippen LogP contribution in [-0.4, -0.2) is 16.6 Å². The lowest BCUT2D eigenvalue weighted by atomic mass is 10.3. The average molecular weight is 499 g/mol. The molecule has 0 aliphatic rings. The Bertz CT molecular complexity index is 310. The van der Waals surface area contributed by atoms with E-state index in [2.05, 4.69) is 41.5 Å². The molecule has 0 aromatic heterocycles. The average Bonchev–Trinajstić information content (AvgIpc) is 2.80. The fourth-order valence-corrected chi connectivity index (χ4v) is 18.7. The van der Waals surface area contributed by atoms with E-state index in [-0.39, 0.29) is 0 Å².